The molecule has 0 aromatic heterocycles. The quantitative estimate of drug-likeness (QED) is 0.261. The van der Waals surface area contributed by atoms with Gasteiger partial charge < -0.3 is 15.3 Å². The molecule has 0 spiro atoms. The van der Waals surface area contributed by atoms with E-state index in [0.717, 1.165) is 57.1 Å². The van der Waals surface area contributed by atoms with Crippen LogP contribution in [0.4, 0.5) is 0 Å². The van der Waals surface area contributed by atoms with Crippen molar-refractivity contribution in [1.82, 2.24) is 0 Å². The van der Waals surface area contributed by atoms with Crippen molar-refractivity contribution in [2.24, 2.45) is 11.3 Å². The van der Waals surface area contributed by atoms with Crippen LogP contribution >= 0.6 is 11.8 Å². The van der Waals surface area contributed by atoms with Crippen molar-refractivity contribution in [3.63, 3.8) is 0 Å². The van der Waals surface area contributed by atoms with Crippen LogP contribution in [0.1, 0.15) is 111 Å². The van der Waals surface area contributed by atoms with E-state index < -0.39 is 11.6 Å². The number of unbranched alkanes of at least 4 members (excludes halogenated alkanes) is 6. The molecule has 0 aromatic carbocycles. The van der Waals surface area contributed by atoms with Gasteiger partial charge in [0.05, 0.1) is 11.7 Å². The van der Waals surface area contributed by atoms with E-state index >= 15 is 0 Å². The minimum Gasteiger partial charge on any atom is -0.481 e. The molecule has 1 saturated carbocycles. The fourth-order valence-electron chi connectivity index (χ4n) is 4.33. The van der Waals surface area contributed by atoms with Crippen LogP contribution in [0.2, 0.25) is 0 Å². The zero-order valence-corrected chi connectivity index (χ0v) is 20.1. The van der Waals surface area contributed by atoms with Crippen LogP contribution in [0.15, 0.2) is 0 Å². The molecule has 1 aliphatic rings. The van der Waals surface area contributed by atoms with Crippen molar-refractivity contribution in [3.8, 4) is 0 Å². The van der Waals surface area contributed by atoms with Crippen LogP contribution < -0.4 is 0 Å². The number of carboxylic acids is 1. The van der Waals surface area contributed by atoms with Gasteiger partial charge in [-0.1, -0.05) is 65.7 Å². The average Bonchev–Trinajstić information content (AvgIpc) is 2.99. The summed E-state index contributed by atoms with van der Waals surface area (Å²) in [6, 6.07) is 0. The number of aliphatic carboxylic acids is 1. The summed E-state index contributed by atoms with van der Waals surface area (Å²) in [6.07, 6.45) is 12.7. The number of hydrogen-bond acceptors (Lipinski definition) is 4. The first-order valence-corrected chi connectivity index (χ1v) is 12.9. The minimum absolute atomic E-state index is 0.107. The highest BCUT2D eigenvalue weighted by Gasteiger charge is 2.41. The Hall–Kier alpha value is -0.260. The third-order valence-corrected chi connectivity index (χ3v) is 8.83. The Labute approximate surface area is 183 Å². The van der Waals surface area contributed by atoms with Gasteiger partial charge in [-0.15, -0.1) is 0 Å². The molecule has 4 nitrogen and oxygen atoms in total. The fourth-order valence-corrected chi connectivity index (χ4v) is 6.13. The molecule has 0 amide bonds. The Morgan fingerprint density at radius 2 is 1.66 bits per heavy atom. The van der Waals surface area contributed by atoms with Crippen molar-refractivity contribution < 1.29 is 20.1 Å². The minimum atomic E-state index is -0.715. The van der Waals surface area contributed by atoms with E-state index in [-0.39, 0.29) is 17.9 Å². The number of carboxylic acid groups (broad SMARTS) is 1. The van der Waals surface area contributed by atoms with Gasteiger partial charge in [0.1, 0.15) is 0 Å². The van der Waals surface area contributed by atoms with Crippen molar-refractivity contribution >= 4 is 17.7 Å². The summed E-state index contributed by atoms with van der Waals surface area (Å²) in [5.41, 5.74) is -0.816. The predicted molar refractivity (Wildman–Crippen MR) is 123 cm³/mol. The highest BCUT2D eigenvalue weighted by atomic mass is 32.2. The maximum atomic E-state index is 11.2. The molecule has 3 N–H and O–H groups in total. The number of aliphatic hydroxyl groups is 2. The molecule has 5 heteroatoms. The van der Waals surface area contributed by atoms with E-state index in [2.05, 4.69) is 20.8 Å². The van der Waals surface area contributed by atoms with Gasteiger partial charge >= 0.3 is 5.97 Å². The topological polar surface area (TPSA) is 77.8 Å². The van der Waals surface area contributed by atoms with E-state index in [0.29, 0.717) is 11.2 Å². The lowest BCUT2D eigenvalue weighted by Crippen LogP contribution is -2.44. The summed E-state index contributed by atoms with van der Waals surface area (Å²) in [5.74, 6) is 0.316. The lowest BCUT2D eigenvalue weighted by Gasteiger charge is -2.41. The van der Waals surface area contributed by atoms with Crippen molar-refractivity contribution in [2.75, 3.05) is 5.75 Å². The highest BCUT2D eigenvalue weighted by molar-refractivity contribution is 8.00. The van der Waals surface area contributed by atoms with Gasteiger partial charge in [0, 0.05) is 17.4 Å². The average molecular weight is 431 g/mol. The Bertz CT molecular complexity index is 464. The SMILES string of the molecule is CCCCCCC(C)(C)C(C)(O)CSC1CCC(O)C1CCCCCCC(=O)O. The smallest absolute Gasteiger partial charge is 0.303 e. The molecule has 1 fully saturated rings. The van der Waals surface area contributed by atoms with Gasteiger partial charge in [-0.3, -0.25) is 4.79 Å². The number of hydrogen-bond donors (Lipinski definition) is 3. The molecule has 172 valence electrons. The van der Waals surface area contributed by atoms with Gasteiger partial charge in [0.15, 0.2) is 0 Å². The molecule has 29 heavy (non-hydrogen) atoms. The lowest BCUT2D eigenvalue weighted by atomic mass is 9.73. The van der Waals surface area contributed by atoms with Crippen LogP contribution in [0.25, 0.3) is 0 Å². The third-order valence-electron chi connectivity index (χ3n) is 7.09. The zero-order valence-electron chi connectivity index (χ0n) is 19.3. The van der Waals surface area contributed by atoms with Crippen molar-refractivity contribution in [2.45, 2.75) is 128 Å². The molecule has 0 aromatic rings. The third kappa shape index (κ3) is 9.61. The number of aliphatic hydroxyl groups excluding tert-OH is 1. The molecule has 4 unspecified atom stereocenters. The molecule has 4 atom stereocenters. The second kappa shape index (κ2) is 13.2. The van der Waals surface area contributed by atoms with Gasteiger partial charge in [-0.25, -0.2) is 0 Å². The first kappa shape index (κ1) is 26.8. The normalized spacial score (nSPS) is 24.6. The predicted octanol–water partition coefficient (Wildman–Crippen LogP) is 6.03. The van der Waals surface area contributed by atoms with Crippen molar-refractivity contribution in [1.29, 1.82) is 0 Å². The number of thioether (sulfide) groups is 1. The fraction of sp³-hybridized carbons (Fsp3) is 0.958. The first-order valence-electron chi connectivity index (χ1n) is 11.8. The molecular weight excluding hydrogens is 384 g/mol. The van der Waals surface area contributed by atoms with Crippen LogP contribution in [-0.2, 0) is 4.79 Å². The first-order chi connectivity index (χ1) is 13.6. The second-order valence-corrected chi connectivity index (χ2v) is 11.2. The summed E-state index contributed by atoms with van der Waals surface area (Å²) in [7, 11) is 0. The number of rotatable bonds is 16. The maximum Gasteiger partial charge on any atom is 0.303 e. The van der Waals surface area contributed by atoms with E-state index in [1.807, 2.05) is 18.7 Å². The maximum absolute atomic E-state index is 11.2. The van der Waals surface area contributed by atoms with E-state index in [9.17, 15) is 15.0 Å². The monoisotopic (exact) mass is 430 g/mol. The Kier molecular flexibility index (Phi) is 12.2. The Morgan fingerprint density at radius 3 is 2.31 bits per heavy atom. The summed E-state index contributed by atoms with van der Waals surface area (Å²) < 4.78 is 0. The number of carbonyl (C=O) groups is 1. The molecule has 0 radical (unpaired) electrons. The molecule has 0 saturated heterocycles. The highest BCUT2D eigenvalue weighted by Crippen LogP contribution is 2.43. The summed E-state index contributed by atoms with van der Waals surface area (Å²) in [4.78, 5) is 10.6. The summed E-state index contributed by atoms with van der Waals surface area (Å²) >= 11 is 1.86. The van der Waals surface area contributed by atoms with Gasteiger partial charge in [-0.05, 0) is 50.4 Å². The molecule has 1 rings (SSSR count). The van der Waals surface area contributed by atoms with Gasteiger partial charge in [0.25, 0.3) is 0 Å². The Balaban J connectivity index is 2.41. The second-order valence-electron chi connectivity index (χ2n) is 9.97. The molecule has 0 aliphatic heterocycles. The van der Waals surface area contributed by atoms with E-state index in [1.165, 1.54) is 25.7 Å². The summed E-state index contributed by atoms with van der Waals surface area (Å²) in [5, 5.41) is 30.8. The van der Waals surface area contributed by atoms with Crippen LogP contribution in [0.5, 0.6) is 0 Å². The molecular formula is C24H46O4S. The Morgan fingerprint density at radius 1 is 1.00 bits per heavy atom. The lowest BCUT2D eigenvalue weighted by molar-refractivity contribution is -0.137. The molecule has 0 heterocycles. The standard InChI is InChI=1S/C24H46O4S/c1-5-6-7-12-17-23(2,3)24(4,28)18-29-21-16-15-20(25)19(21)13-10-8-9-11-14-22(26)27/h19-21,25,28H,5-18H2,1-4H3,(H,26,27). The van der Waals surface area contributed by atoms with Crippen LogP contribution in [0.3, 0.4) is 0 Å². The van der Waals surface area contributed by atoms with Crippen LogP contribution in [0, 0.1) is 11.3 Å². The van der Waals surface area contributed by atoms with E-state index in [1.54, 1.807) is 0 Å². The van der Waals surface area contributed by atoms with Gasteiger partial charge in [-0.2, -0.15) is 11.8 Å². The van der Waals surface area contributed by atoms with Crippen LogP contribution in [-0.4, -0.2) is 44.0 Å². The van der Waals surface area contributed by atoms with Gasteiger partial charge in [0.2, 0.25) is 0 Å². The molecule has 0 bridgehead atoms. The zero-order chi connectivity index (χ0) is 21.9. The largest absolute Gasteiger partial charge is 0.481 e. The van der Waals surface area contributed by atoms with Crippen molar-refractivity contribution in [3.05, 3.63) is 0 Å². The summed E-state index contributed by atoms with van der Waals surface area (Å²) in [6.45, 7) is 8.60. The molecule has 1 aliphatic carbocycles. The van der Waals surface area contributed by atoms with E-state index in [4.69, 9.17) is 5.11 Å².